The third kappa shape index (κ3) is 2.93. The molecule has 14 heavy (non-hydrogen) atoms. The van der Waals surface area contributed by atoms with Gasteiger partial charge in [0.05, 0.1) is 13.2 Å². The van der Waals surface area contributed by atoms with Crippen molar-refractivity contribution in [2.45, 2.75) is 33.6 Å². The molecular weight excluding hydrogens is 204 g/mol. The van der Waals surface area contributed by atoms with Gasteiger partial charge in [0.1, 0.15) is 0 Å². The molecule has 1 saturated heterocycles. The summed E-state index contributed by atoms with van der Waals surface area (Å²) in [5.74, 6) is 0.517. The lowest BCUT2D eigenvalue weighted by molar-refractivity contribution is 0.00775. The van der Waals surface area contributed by atoms with Gasteiger partial charge in [0.15, 0.2) is 0 Å². The summed E-state index contributed by atoms with van der Waals surface area (Å²) in [6.07, 6.45) is 1.81. The van der Waals surface area contributed by atoms with Gasteiger partial charge >= 0.3 is 10.4 Å². The van der Waals surface area contributed by atoms with Crippen LogP contribution < -0.4 is 0 Å². The zero-order chi connectivity index (χ0) is 10.8. The summed E-state index contributed by atoms with van der Waals surface area (Å²) in [5, 5.41) is 0. The van der Waals surface area contributed by atoms with Gasteiger partial charge in [-0.25, -0.2) is 8.37 Å². The molecule has 0 aromatic carbocycles. The van der Waals surface area contributed by atoms with Crippen LogP contribution in [0.25, 0.3) is 0 Å². The number of hydrogen-bond donors (Lipinski definition) is 0. The maximum Gasteiger partial charge on any atom is 0.399 e. The minimum Gasteiger partial charge on any atom is -0.248 e. The van der Waals surface area contributed by atoms with E-state index in [9.17, 15) is 8.42 Å². The van der Waals surface area contributed by atoms with Crippen LogP contribution >= 0.6 is 0 Å². The Morgan fingerprint density at radius 3 is 2.14 bits per heavy atom. The topological polar surface area (TPSA) is 52.6 Å². The first kappa shape index (κ1) is 11.9. The van der Waals surface area contributed by atoms with Crippen LogP contribution in [-0.4, -0.2) is 21.6 Å². The number of hydrogen-bond acceptors (Lipinski definition) is 4. The second kappa shape index (κ2) is 4.16. The van der Waals surface area contributed by atoms with Crippen LogP contribution in [0.2, 0.25) is 0 Å². The molecule has 0 atom stereocenters. The van der Waals surface area contributed by atoms with E-state index in [0.717, 1.165) is 12.8 Å². The van der Waals surface area contributed by atoms with Crippen LogP contribution in [0.4, 0.5) is 0 Å². The highest BCUT2D eigenvalue weighted by Gasteiger charge is 2.38. The molecule has 5 heteroatoms. The molecule has 0 spiro atoms. The molecule has 0 bridgehead atoms. The molecule has 0 saturated carbocycles. The lowest BCUT2D eigenvalue weighted by atomic mass is 9.79. The van der Waals surface area contributed by atoms with E-state index >= 15 is 0 Å². The van der Waals surface area contributed by atoms with E-state index < -0.39 is 10.4 Å². The van der Waals surface area contributed by atoms with Gasteiger partial charge < -0.3 is 0 Å². The molecular formula is C9H18O4S. The lowest BCUT2D eigenvalue weighted by Crippen LogP contribution is -2.40. The summed E-state index contributed by atoms with van der Waals surface area (Å²) in [6.45, 7) is 6.77. The summed E-state index contributed by atoms with van der Waals surface area (Å²) < 4.78 is 31.2. The molecule has 0 aromatic rings. The molecule has 4 nitrogen and oxygen atoms in total. The van der Waals surface area contributed by atoms with Crippen LogP contribution in [0, 0.1) is 11.3 Å². The molecule has 0 N–H and O–H groups in total. The molecule has 0 amide bonds. The summed E-state index contributed by atoms with van der Waals surface area (Å²) in [6, 6.07) is 0. The molecule has 1 heterocycles. The van der Waals surface area contributed by atoms with Gasteiger partial charge in [-0.3, -0.25) is 0 Å². The Hall–Kier alpha value is -0.130. The van der Waals surface area contributed by atoms with Crippen molar-refractivity contribution in [2.24, 2.45) is 11.3 Å². The van der Waals surface area contributed by atoms with E-state index in [1.165, 1.54) is 0 Å². The first-order valence-electron chi connectivity index (χ1n) is 4.93. The molecule has 1 aliphatic rings. The molecule has 0 radical (unpaired) electrons. The highest BCUT2D eigenvalue weighted by molar-refractivity contribution is 7.81. The van der Waals surface area contributed by atoms with Crippen LogP contribution in [-0.2, 0) is 18.8 Å². The SMILES string of the molecule is CCC1(CC(C)C)COS(=O)(=O)OC1. The van der Waals surface area contributed by atoms with Gasteiger partial charge in [-0.1, -0.05) is 20.8 Å². The lowest BCUT2D eigenvalue weighted by Gasteiger charge is -2.36. The standard InChI is InChI=1S/C9H18O4S/c1-4-9(5-8(2)3)6-12-14(10,11)13-7-9/h8H,4-7H2,1-3H3. The highest BCUT2D eigenvalue weighted by atomic mass is 32.3. The molecule has 1 aliphatic heterocycles. The van der Waals surface area contributed by atoms with Crippen molar-refractivity contribution >= 4 is 10.4 Å². The Morgan fingerprint density at radius 1 is 1.29 bits per heavy atom. The Morgan fingerprint density at radius 2 is 1.79 bits per heavy atom. The van der Waals surface area contributed by atoms with Crippen LogP contribution in [0.5, 0.6) is 0 Å². The minimum atomic E-state index is -3.70. The first-order chi connectivity index (χ1) is 6.39. The minimum absolute atomic E-state index is 0.126. The highest BCUT2D eigenvalue weighted by Crippen LogP contribution is 2.35. The first-order valence-corrected chi connectivity index (χ1v) is 6.26. The second-order valence-electron chi connectivity index (χ2n) is 4.38. The quantitative estimate of drug-likeness (QED) is 0.729. The second-order valence-corrected chi connectivity index (χ2v) is 5.67. The maximum atomic E-state index is 10.9. The molecule has 1 fully saturated rings. The summed E-state index contributed by atoms with van der Waals surface area (Å²) >= 11 is 0. The Labute approximate surface area is 85.9 Å². The monoisotopic (exact) mass is 222 g/mol. The maximum absolute atomic E-state index is 10.9. The third-order valence-corrected chi connectivity index (χ3v) is 3.42. The van der Waals surface area contributed by atoms with Crippen molar-refractivity contribution in [3.63, 3.8) is 0 Å². The van der Waals surface area contributed by atoms with Gasteiger partial charge in [0, 0.05) is 5.41 Å². The summed E-state index contributed by atoms with van der Waals surface area (Å²) in [5.41, 5.74) is -0.126. The Kier molecular flexibility index (Phi) is 3.55. The molecule has 84 valence electrons. The number of rotatable bonds is 3. The molecule has 0 aromatic heterocycles. The predicted octanol–water partition coefficient (Wildman–Crippen LogP) is 1.72. The average Bonchev–Trinajstić information content (AvgIpc) is 2.09. The van der Waals surface area contributed by atoms with E-state index in [1.54, 1.807) is 0 Å². The fourth-order valence-corrected chi connectivity index (χ4v) is 2.66. The zero-order valence-corrected chi connectivity index (χ0v) is 9.76. The summed E-state index contributed by atoms with van der Waals surface area (Å²) in [7, 11) is -3.70. The Balaban J connectivity index is 2.66. The molecule has 0 unspecified atom stereocenters. The van der Waals surface area contributed by atoms with Crippen LogP contribution in [0.15, 0.2) is 0 Å². The predicted molar refractivity (Wildman–Crippen MR) is 53.0 cm³/mol. The van der Waals surface area contributed by atoms with Gasteiger partial charge in [-0.2, -0.15) is 8.42 Å². The van der Waals surface area contributed by atoms with Gasteiger partial charge in [-0.05, 0) is 18.8 Å². The van der Waals surface area contributed by atoms with Gasteiger partial charge in [0.25, 0.3) is 0 Å². The van der Waals surface area contributed by atoms with Crippen molar-refractivity contribution in [2.75, 3.05) is 13.2 Å². The summed E-state index contributed by atoms with van der Waals surface area (Å²) in [4.78, 5) is 0. The van der Waals surface area contributed by atoms with E-state index in [1.807, 2.05) is 6.92 Å². The fraction of sp³-hybridized carbons (Fsp3) is 1.00. The van der Waals surface area contributed by atoms with E-state index in [0.29, 0.717) is 5.92 Å². The normalized spacial score (nSPS) is 25.1. The van der Waals surface area contributed by atoms with E-state index in [-0.39, 0.29) is 18.6 Å². The van der Waals surface area contributed by atoms with Crippen molar-refractivity contribution < 1.29 is 16.8 Å². The average molecular weight is 222 g/mol. The molecule has 1 rings (SSSR count). The smallest absolute Gasteiger partial charge is 0.248 e. The van der Waals surface area contributed by atoms with Crippen molar-refractivity contribution in [3.05, 3.63) is 0 Å². The Bertz CT molecular complexity index is 267. The van der Waals surface area contributed by atoms with Gasteiger partial charge in [-0.15, -0.1) is 0 Å². The van der Waals surface area contributed by atoms with Crippen molar-refractivity contribution in [1.82, 2.24) is 0 Å². The van der Waals surface area contributed by atoms with Crippen LogP contribution in [0.1, 0.15) is 33.6 Å². The van der Waals surface area contributed by atoms with Crippen molar-refractivity contribution in [1.29, 1.82) is 0 Å². The van der Waals surface area contributed by atoms with Gasteiger partial charge in [0.2, 0.25) is 0 Å². The molecule has 0 aliphatic carbocycles. The third-order valence-electron chi connectivity index (χ3n) is 2.61. The van der Waals surface area contributed by atoms with Crippen LogP contribution in [0.3, 0.4) is 0 Å². The zero-order valence-electron chi connectivity index (χ0n) is 8.95. The fourth-order valence-electron chi connectivity index (χ4n) is 1.80. The van der Waals surface area contributed by atoms with E-state index in [2.05, 4.69) is 13.8 Å². The van der Waals surface area contributed by atoms with E-state index in [4.69, 9.17) is 8.37 Å². The van der Waals surface area contributed by atoms with Crippen molar-refractivity contribution in [3.8, 4) is 0 Å². The largest absolute Gasteiger partial charge is 0.399 e.